The normalized spacial score (nSPS) is 10.8. The molecule has 0 atom stereocenters. The first-order valence-electron chi connectivity index (χ1n) is 5.70. The van der Waals surface area contributed by atoms with Crippen molar-refractivity contribution in [3.63, 3.8) is 0 Å². The molecule has 0 fully saturated rings. The minimum absolute atomic E-state index is 0.0132. The maximum Gasteiger partial charge on any atom is 0.235 e. The predicted octanol–water partition coefficient (Wildman–Crippen LogP) is 2.98. The summed E-state index contributed by atoms with van der Waals surface area (Å²) in [5, 5.41) is 9.89. The molecule has 8 heteroatoms. The number of nitrogens with one attached hydrogen (secondary N) is 2. The van der Waals surface area contributed by atoms with Crippen LogP contribution in [0, 0.1) is 5.82 Å². The summed E-state index contributed by atoms with van der Waals surface area (Å²) in [5.41, 5.74) is 0.488. The van der Waals surface area contributed by atoms with E-state index in [-0.39, 0.29) is 16.7 Å². The van der Waals surface area contributed by atoms with Crippen molar-refractivity contribution in [3.8, 4) is 11.6 Å². The maximum atomic E-state index is 13.9. The molecule has 0 aliphatic carbocycles. The second-order valence-corrected chi connectivity index (χ2v) is 4.30. The van der Waals surface area contributed by atoms with Gasteiger partial charge in [0, 0.05) is 7.05 Å². The van der Waals surface area contributed by atoms with E-state index in [1.165, 1.54) is 18.3 Å². The van der Waals surface area contributed by atoms with Gasteiger partial charge in [-0.25, -0.2) is 4.39 Å². The van der Waals surface area contributed by atoms with Crippen LogP contribution in [0.1, 0.15) is 0 Å². The van der Waals surface area contributed by atoms with E-state index in [0.717, 1.165) is 0 Å². The molecule has 20 heavy (non-hydrogen) atoms. The number of hydrogen-bond donors (Lipinski definition) is 2. The average molecular weight is 294 g/mol. The topological polar surface area (TPSA) is 75.7 Å². The SMILES string of the molecule is CNc1nc(Oc2cccc(Cl)c2F)c2cn[nH]c2n1. The third kappa shape index (κ3) is 2.12. The van der Waals surface area contributed by atoms with Crippen molar-refractivity contribution in [3.05, 3.63) is 35.2 Å². The van der Waals surface area contributed by atoms with Crippen LogP contribution in [0.4, 0.5) is 10.3 Å². The van der Waals surface area contributed by atoms with Crippen LogP contribution in [-0.2, 0) is 0 Å². The molecule has 0 bridgehead atoms. The number of nitrogens with zero attached hydrogens (tertiary/aromatic N) is 3. The summed E-state index contributed by atoms with van der Waals surface area (Å²) in [5.74, 6) is -0.135. The van der Waals surface area contributed by atoms with Crippen LogP contribution < -0.4 is 10.1 Å². The van der Waals surface area contributed by atoms with Crippen molar-refractivity contribution in [2.24, 2.45) is 0 Å². The molecule has 0 aliphatic heterocycles. The second-order valence-electron chi connectivity index (χ2n) is 3.89. The average Bonchev–Trinajstić information content (AvgIpc) is 2.92. The van der Waals surface area contributed by atoms with E-state index in [0.29, 0.717) is 17.0 Å². The van der Waals surface area contributed by atoms with Gasteiger partial charge in [-0.1, -0.05) is 17.7 Å². The zero-order chi connectivity index (χ0) is 14.1. The summed E-state index contributed by atoms with van der Waals surface area (Å²) in [4.78, 5) is 8.30. The Kier molecular flexibility index (Phi) is 3.11. The summed E-state index contributed by atoms with van der Waals surface area (Å²) < 4.78 is 19.3. The largest absolute Gasteiger partial charge is 0.435 e. The van der Waals surface area contributed by atoms with Crippen molar-refractivity contribution in [1.29, 1.82) is 0 Å². The second kappa shape index (κ2) is 4.93. The molecule has 2 aromatic heterocycles. The van der Waals surface area contributed by atoms with Crippen molar-refractivity contribution in [2.75, 3.05) is 12.4 Å². The van der Waals surface area contributed by atoms with E-state index in [2.05, 4.69) is 25.5 Å². The van der Waals surface area contributed by atoms with Gasteiger partial charge >= 0.3 is 0 Å². The molecule has 1 aromatic carbocycles. The van der Waals surface area contributed by atoms with Gasteiger partial charge in [-0.2, -0.15) is 15.1 Å². The number of ether oxygens (including phenoxy) is 1. The molecule has 0 saturated heterocycles. The first-order valence-corrected chi connectivity index (χ1v) is 6.07. The summed E-state index contributed by atoms with van der Waals surface area (Å²) in [6.45, 7) is 0. The molecular weight excluding hydrogens is 285 g/mol. The summed E-state index contributed by atoms with van der Waals surface area (Å²) >= 11 is 5.72. The lowest BCUT2D eigenvalue weighted by Crippen LogP contribution is -1.99. The number of aromatic nitrogens is 4. The number of halogens is 2. The minimum atomic E-state index is -0.643. The summed E-state index contributed by atoms with van der Waals surface area (Å²) in [7, 11) is 1.67. The zero-order valence-electron chi connectivity index (χ0n) is 10.3. The number of H-pyrrole nitrogens is 1. The molecule has 0 amide bonds. The number of anilines is 1. The predicted molar refractivity (Wildman–Crippen MR) is 72.7 cm³/mol. The van der Waals surface area contributed by atoms with E-state index < -0.39 is 5.82 Å². The molecule has 3 aromatic rings. The molecule has 0 unspecified atom stereocenters. The maximum absolute atomic E-state index is 13.9. The number of benzene rings is 1. The molecule has 2 heterocycles. The summed E-state index contributed by atoms with van der Waals surface area (Å²) in [6.07, 6.45) is 1.51. The molecule has 0 radical (unpaired) electrons. The van der Waals surface area contributed by atoms with E-state index in [9.17, 15) is 4.39 Å². The third-order valence-electron chi connectivity index (χ3n) is 2.62. The number of rotatable bonds is 3. The van der Waals surface area contributed by atoms with Gasteiger partial charge in [-0.15, -0.1) is 0 Å². The van der Waals surface area contributed by atoms with Crippen molar-refractivity contribution in [1.82, 2.24) is 20.2 Å². The van der Waals surface area contributed by atoms with E-state index in [1.807, 2.05) is 0 Å². The molecule has 3 rings (SSSR count). The van der Waals surface area contributed by atoms with Gasteiger partial charge < -0.3 is 10.1 Å². The minimum Gasteiger partial charge on any atom is -0.435 e. The van der Waals surface area contributed by atoms with E-state index >= 15 is 0 Å². The number of hydrogen-bond acceptors (Lipinski definition) is 5. The van der Waals surface area contributed by atoms with Crippen molar-refractivity contribution >= 4 is 28.6 Å². The van der Waals surface area contributed by atoms with Crippen LogP contribution in [-0.4, -0.2) is 27.2 Å². The standard InChI is InChI=1S/C12H9ClFN5O/c1-15-12-17-10-6(5-16-19-10)11(18-12)20-8-4-2-3-7(13)9(8)14/h2-5H,1H3,(H2,15,16,17,18,19). The fourth-order valence-corrected chi connectivity index (χ4v) is 1.83. The van der Waals surface area contributed by atoms with Gasteiger partial charge in [0.15, 0.2) is 17.2 Å². The molecule has 0 aliphatic rings. The third-order valence-corrected chi connectivity index (χ3v) is 2.91. The lowest BCUT2D eigenvalue weighted by atomic mass is 10.3. The van der Waals surface area contributed by atoms with Gasteiger partial charge in [0.2, 0.25) is 11.8 Å². The first-order chi connectivity index (χ1) is 9.69. The fraction of sp³-hybridized carbons (Fsp3) is 0.0833. The van der Waals surface area contributed by atoms with Crippen LogP contribution in [0.15, 0.2) is 24.4 Å². The Labute approximate surface area is 118 Å². The van der Waals surface area contributed by atoms with Crippen molar-refractivity contribution in [2.45, 2.75) is 0 Å². The van der Waals surface area contributed by atoms with Gasteiger partial charge in [-0.05, 0) is 12.1 Å². The van der Waals surface area contributed by atoms with Crippen LogP contribution in [0.5, 0.6) is 11.6 Å². The Morgan fingerprint density at radius 3 is 3.00 bits per heavy atom. The van der Waals surface area contributed by atoms with Crippen molar-refractivity contribution < 1.29 is 9.13 Å². The Hall–Kier alpha value is -2.41. The highest BCUT2D eigenvalue weighted by molar-refractivity contribution is 6.30. The Balaban J connectivity index is 2.10. The van der Waals surface area contributed by atoms with Gasteiger partial charge in [0.05, 0.1) is 11.2 Å². The number of fused-ring (bicyclic) bond motifs is 1. The van der Waals surface area contributed by atoms with Crippen LogP contribution >= 0.6 is 11.6 Å². The summed E-state index contributed by atoms with van der Waals surface area (Å²) in [6, 6.07) is 4.50. The zero-order valence-corrected chi connectivity index (χ0v) is 11.1. The lowest BCUT2D eigenvalue weighted by Gasteiger charge is -2.08. The van der Waals surface area contributed by atoms with Gasteiger partial charge in [-0.3, -0.25) is 5.10 Å². The first kappa shape index (κ1) is 12.6. The van der Waals surface area contributed by atoms with Gasteiger partial charge in [0.1, 0.15) is 5.39 Å². The lowest BCUT2D eigenvalue weighted by molar-refractivity contribution is 0.432. The van der Waals surface area contributed by atoms with Crippen LogP contribution in [0.25, 0.3) is 11.0 Å². The molecule has 6 nitrogen and oxygen atoms in total. The Morgan fingerprint density at radius 2 is 2.20 bits per heavy atom. The Morgan fingerprint density at radius 1 is 1.35 bits per heavy atom. The highest BCUT2D eigenvalue weighted by atomic mass is 35.5. The molecular formula is C12H9ClFN5O. The highest BCUT2D eigenvalue weighted by Gasteiger charge is 2.14. The molecule has 0 saturated carbocycles. The monoisotopic (exact) mass is 293 g/mol. The number of aromatic amines is 1. The quantitative estimate of drug-likeness (QED) is 0.776. The molecule has 2 N–H and O–H groups in total. The van der Waals surface area contributed by atoms with E-state index in [1.54, 1.807) is 13.1 Å². The van der Waals surface area contributed by atoms with E-state index in [4.69, 9.17) is 16.3 Å². The van der Waals surface area contributed by atoms with Crippen LogP contribution in [0.3, 0.4) is 0 Å². The Bertz CT molecular complexity index is 776. The van der Waals surface area contributed by atoms with Gasteiger partial charge in [0.25, 0.3) is 0 Å². The smallest absolute Gasteiger partial charge is 0.235 e. The molecule has 0 spiro atoms. The highest BCUT2D eigenvalue weighted by Crippen LogP contribution is 2.31. The van der Waals surface area contributed by atoms with Crippen LogP contribution in [0.2, 0.25) is 5.02 Å². The molecule has 102 valence electrons. The fourth-order valence-electron chi connectivity index (χ4n) is 1.66.